The second kappa shape index (κ2) is 14.0. The standard InChI is InChI=1S/C24H27N5O2S2.ClH/c1-2-30-23-16-19(11-12-22(23)31-18-21-10-6-14-32-21)17-25-13-7-15-33-24-26-27-28-29(24)20-8-4-3-5-9-20;/h3-6,8-12,14,16,25H,2,7,13,15,17-18H2,1H3;1H. The van der Waals surface area contributed by atoms with Crippen molar-refractivity contribution >= 4 is 35.5 Å². The molecular formula is C24H28ClN5O2S2. The predicted molar refractivity (Wildman–Crippen MR) is 140 cm³/mol. The molecule has 0 spiro atoms. The summed E-state index contributed by atoms with van der Waals surface area (Å²) in [5.41, 5.74) is 2.14. The van der Waals surface area contributed by atoms with Crippen LogP contribution in [0.2, 0.25) is 0 Å². The monoisotopic (exact) mass is 517 g/mol. The van der Waals surface area contributed by atoms with Gasteiger partial charge in [-0.05, 0) is 71.6 Å². The van der Waals surface area contributed by atoms with E-state index in [0.717, 1.165) is 47.6 Å². The van der Waals surface area contributed by atoms with Gasteiger partial charge in [-0.3, -0.25) is 0 Å². The molecular weight excluding hydrogens is 490 g/mol. The quantitative estimate of drug-likeness (QED) is 0.188. The van der Waals surface area contributed by atoms with E-state index in [1.165, 1.54) is 10.4 Å². The van der Waals surface area contributed by atoms with E-state index in [2.05, 4.69) is 44.4 Å². The van der Waals surface area contributed by atoms with Gasteiger partial charge in [0.1, 0.15) is 6.61 Å². The fraction of sp³-hybridized carbons (Fsp3) is 0.292. The van der Waals surface area contributed by atoms with E-state index in [-0.39, 0.29) is 12.4 Å². The molecule has 0 saturated heterocycles. The molecule has 0 aliphatic heterocycles. The van der Waals surface area contributed by atoms with E-state index in [4.69, 9.17) is 9.47 Å². The van der Waals surface area contributed by atoms with Gasteiger partial charge in [0, 0.05) is 17.2 Å². The lowest BCUT2D eigenvalue weighted by Crippen LogP contribution is -2.15. The van der Waals surface area contributed by atoms with Crippen LogP contribution < -0.4 is 14.8 Å². The molecule has 0 unspecified atom stereocenters. The third-order valence-corrected chi connectivity index (χ3v) is 6.61. The molecule has 0 fully saturated rings. The van der Waals surface area contributed by atoms with Crippen molar-refractivity contribution in [1.29, 1.82) is 0 Å². The van der Waals surface area contributed by atoms with Crippen LogP contribution >= 0.6 is 35.5 Å². The Bertz CT molecular complexity index is 1110. The van der Waals surface area contributed by atoms with Crippen LogP contribution in [0.1, 0.15) is 23.8 Å². The molecule has 0 aliphatic rings. The molecule has 0 saturated carbocycles. The van der Waals surface area contributed by atoms with Gasteiger partial charge in [-0.2, -0.15) is 4.68 Å². The molecule has 180 valence electrons. The molecule has 4 rings (SSSR count). The minimum atomic E-state index is 0. The Kier molecular flexibility index (Phi) is 10.7. The smallest absolute Gasteiger partial charge is 0.214 e. The van der Waals surface area contributed by atoms with Crippen molar-refractivity contribution in [2.45, 2.75) is 31.7 Å². The number of thiophene rings is 1. The molecule has 2 heterocycles. The van der Waals surface area contributed by atoms with E-state index in [0.29, 0.717) is 13.2 Å². The minimum Gasteiger partial charge on any atom is -0.490 e. The van der Waals surface area contributed by atoms with E-state index in [1.54, 1.807) is 27.8 Å². The third-order valence-electron chi connectivity index (χ3n) is 4.76. The molecule has 0 radical (unpaired) electrons. The predicted octanol–water partition coefficient (Wildman–Crippen LogP) is 5.40. The molecule has 0 amide bonds. The van der Waals surface area contributed by atoms with Crippen LogP contribution in [-0.4, -0.2) is 39.1 Å². The summed E-state index contributed by atoms with van der Waals surface area (Å²) >= 11 is 3.35. The third kappa shape index (κ3) is 7.46. The highest BCUT2D eigenvalue weighted by atomic mass is 35.5. The summed E-state index contributed by atoms with van der Waals surface area (Å²) in [5.74, 6) is 2.50. The largest absolute Gasteiger partial charge is 0.490 e. The fourth-order valence-electron chi connectivity index (χ4n) is 3.19. The highest BCUT2D eigenvalue weighted by Crippen LogP contribution is 2.29. The van der Waals surface area contributed by atoms with Crippen LogP contribution in [0.3, 0.4) is 0 Å². The molecule has 0 bridgehead atoms. The van der Waals surface area contributed by atoms with Gasteiger partial charge in [-0.1, -0.05) is 42.1 Å². The van der Waals surface area contributed by atoms with E-state index >= 15 is 0 Å². The zero-order valence-corrected chi connectivity index (χ0v) is 21.4. The lowest BCUT2D eigenvalue weighted by molar-refractivity contribution is 0.271. The Hall–Kier alpha value is -2.59. The average molecular weight is 518 g/mol. The number of hydrogen-bond acceptors (Lipinski definition) is 8. The van der Waals surface area contributed by atoms with Crippen LogP contribution in [0.5, 0.6) is 11.5 Å². The Morgan fingerprint density at radius 3 is 2.71 bits per heavy atom. The summed E-state index contributed by atoms with van der Waals surface area (Å²) < 4.78 is 13.5. The van der Waals surface area contributed by atoms with Gasteiger partial charge in [-0.15, -0.1) is 28.8 Å². The average Bonchev–Trinajstić information content (AvgIpc) is 3.54. The van der Waals surface area contributed by atoms with Gasteiger partial charge >= 0.3 is 0 Å². The molecule has 1 N–H and O–H groups in total. The first kappa shape index (κ1) is 26.0. The lowest BCUT2D eigenvalue weighted by atomic mass is 10.2. The highest BCUT2D eigenvalue weighted by molar-refractivity contribution is 7.99. The Morgan fingerprint density at radius 2 is 1.91 bits per heavy atom. The Morgan fingerprint density at radius 1 is 1.03 bits per heavy atom. The number of ether oxygens (including phenoxy) is 2. The number of nitrogens with zero attached hydrogens (tertiary/aromatic N) is 4. The first-order valence-electron chi connectivity index (χ1n) is 10.9. The summed E-state index contributed by atoms with van der Waals surface area (Å²) in [6.45, 7) is 4.82. The van der Waals surface area contributed by atoms with Gasteiger partial charge < -0.3 is 14.8 Å². The van der Waals surface area contributed by atoms with Crippen molar-refractivity contribution in [3.63, 3.8) is 0 Å². The normalized spacial score (nSPS) is 10.6. The molecule has 2 aromatic carbocycles. The zero-order chi connectivity index (χ0) is 22.7. The number of rotatable bonds is 13. The number of hydrogen-bond donors (Lipinski definition) is 1. The number of benzene rings is 2. The van der Waals surface area contributed by atoms with E-state index < -0.39 is 0 Å². The van der Waals surface area contributed by atoms with Crippen molar-refractivity contribution in [3.8, 4) is 17.2 Å². The van der Waals surface area contributed by atoms with Gasteiger partial charge in [0.15, 0.2) is 11.5 Å². The SMILES string of the molecule is CCOc1cc(CNCCCSc2nnnn2-c2ccccc2)ccc1OCc1cccs1.Cl. The maximum atomic E-state index is 5.97. The van der Waals surface area contributed by atoms with Gasteiger partial charge in [0.25, 0.3) is 0 Å². The second-order valence-electron chi connectivity index (χ2n) is 7.17. The van der Waals surface area contributed by atoms with Gasteiger partial charge in [0.2, 0.25) is 5.16 Å². The van der Waals surface area contributed by atoms with E-state index in [9.17, 15) is 0 Å². The molecule has 7 nitrogen and oxygen atoms in total. The van der Waals surface area contributed by atoms with Crippen molar-refractivity contribution in [2.75, 3.05) is 18.9 Å². The topological polar surface area (TPSA) is 74.1 Å². The van der Waals surface area contributed by atoms with E-state index in [1.807, 2.05) is 49.4 Å². The molecule has 4 aromatic rings. The van der Waals surface area contributed by atoms with Gasteiger partial charge in [-0.25, -0.2) is 0 Å². The maximum Gasteiger partial charge on any atom is 0.214 e. The number of thioether (sulfide) groups is 1. The summed E-state index contributed by atoms with van der Waals surface area (Å²) in [6, 6.07) is 20.2. The van der Waals surface area contributed by atoms with Crippen molar-refractivity contribution in [1.82, 2.24) is 25.5 Å². The highest BCUT2D eigenvalue weighted by Gasteiger charge is 2.09. The Labute approximate surface area is 214 Å². The number of aromatic nitrogens is 4. The number of halogens is 1. The molecule has 34 heavy (non-hydrogen) atoms. The number of nitrogens with one attached hydrogen (secondary N) is 1. The first-order chi connectivity index (χ1) is 16.3. The summed E-state index contributed by atoms with van der Waals surface area (Å²) in [5, 5.41) is 18.4. The number of tetrazole rings is 1. The lowest BCUT2D eigenvalue weighted by Gasteiger charge is -2.13. The zero-order valence-electron chi connectivity index (χ0n) is 18.9. The maximum absolute atomic E-state index is 5.97. The van der Waals surface area contributed by atoms with Crippen molar-refractivity contribution in [3.05, 3.63) is 76.5 Å². The van der Waals surface area contributed by atoms with Crippen molar-refractivity contribution < 1.29 is 9.47 Å². The minimum absolute atomic E-state index is 0. The molecule has 2 aromatic heterocycles. The number of para-hydroxylation sites is 1. The fourth-order valence-corrected chi connectivity index (χ4v) is 4.63. The van der Waals surface area contributed by atoms with Crippen molar-refractivity contribution in [2.24, 2.45) is 0 Å². The van der Waals surface area contributed by atoms with Gasteiger partial charge in [0.05, 0.1) is 12.3 Å². The summed E-state index contributed by atoms with van der Waals surface area (Å²) in [6.07, 6.45) is 1.01. The Balaban J connectivity index is 0.00000324. The second-order valence-corrected chi connectivity index (χ2v) is 9.26. The first-order valence-corrected chi connectivity index (χ1v) is 12.8. The van der Waals surface area contributed by atoms with Crippen LogP contribution in [0.15, 0.2) is 71.2 Å². The van der Waals surface area contributed by atoms with Crippen LogP contribution in [-0.2, 0) is 13.2 Å². The molecule has 0 atom stereocenters. The molecule has 0 aliphatic carbocycles. The summed E-state index contributed by atoms with van der Waals surface area (Å²) in [7, 11) is 0. The summed E-state index contributed by atoms with van der Waals surface area (Å²) in [4.78, 5) is 1.19. The molecule has 10 heteroatoms. The van der Waals surface area contributed by atoms with Crippen LogP contribution in [0.4, 0.5) is 0 Å². The van der Waals surface area contributed by atoms with Crippen LogP contribution in [0.25, 0.3) is 5.69 Å². The van der Waals surface area contributed by atoms with Crippen LogP contribution in [0, 0.1) is 0 Å².